The molecule has 4 heteroatoms. The molecule has 1 aromatic heterocycles. The molecule has 0 aliphatic rings. The van der Waals surface area contributed by atoms with Crippen LogP contribution in [0.15, 0.2) is 29.4 Å². The summed E-state index contributed by atoms with van der Waals surface area (Å²) < 4.78 is 0. The third-order valence-electron chi connectivity index (χ3n) is 1.86. The molecule has 2 nitrogen and oxygen atoms in total. The molecule has 0 aromatic carbocycles. The number of carbonyl (C=O) groups is 1. The van der Waals surface area contributed by atoms with Gasteiger partial charge in [-0.05, 0) is 29.3 Å². The first-order chi connectivity index (χ1) is 7.33. The molecule has 1 rings (SSSR count). The summed E-state index contributed by atoms with van der Waals surface area (Å²) in [7, 11) is 3.43. The number of ketones is 1. The predicted molar refractivity (Wildman–Crippen MR) is 67.1 cm³/mol. The molecule has 1 aromatic rings. The first-order valence-corrected chi connectivity index (χ1v) is 7.37. The zero-order chi connectivity index (χ0) is 10.9. The maximum absolute atomic E-state index is 11.0. The molecular weight excluding hydrogens is 226 g/mol. The van der Waals surface area contributed by atoms with Crippen molar-refractivity contribution in [1.29, 1.82) is 0 Å². The highest BCUT2D eigenvalue weighted by Gasteiger charge is 1.99. The van der Waals surface area contributed by atoms with E-state index in [4.69, 9.17) is 0 Å². The fraction of sp³-hybridized carbons (Fsp3) is 0.455. The Morgan fingerprint density at radius 2 is 2.33 bits per heavy atom. The van der Waals surface area contributed by atoms with E-state index in [0.29, 0.717) is 18.6 Å². The average Bonchev–Trinajstić information content (AvgIpc) is 2.29. The molecule has 0 radical (unpaired) electrons. The lowest BCUT2D eigenvalue weighted by Gasteiger charge is -1.99. The Labute approximate surface area is 98.6 Å². The molecule has 0 aliphatic carbocycles. The largest absolute Gasteiger partial charge is 0.300 e. The molecule has 0 bridgehead atoms. The lowest BCUT2D eigenvalue weighted by molar-refractivity contribution is -0.118. The highest BCUT2D eigenvalue weighted by Crippen LogP contribution is 2.29. The Balaban J connectivity index is 2.05. The first-order valence-electron chi connectivity index (χ1n) is 5.05. The maximum atomic E-state index is 11.0. The molecule has 0 amide bonds. The van der Waals surface area contributed by atoms with Gasteiger partial charge in [-0.1, -0.05) is 23.8 Å². The van der Waals surface area contributed by atoms with E-state index in [1.54, 1.807) is 27.8 Å². The van der Waals surface area contributed by atoms with Crippen LogP contribution in [0.2, 0.25) is 0 Å². The summed E-state index contributed by atoms with van der Waals surface area (Å²) in [5, 5.41) is 1.03. The van der Waals surface area contributed by atoms with Crippen LogP contribution in [-0.4, -0.2) is 16.5 Å². The fourth-order valence-electron chi connectivity index (χ4n) is 1.00. The lowest BCUT2D eigenvalue weighted by Crippen LogP contribution is -1.94. The van der Waals surface area contributed by atoms with Crippen molar-refractivity contribution in [1.82, 2.24) is 4.98 Å². The van der Waals surface area contributed by atoms with Crippen molar-refractivity contribution >= 4 is 27.4 Å². The Bertz CT molecular complexity index is 290. The maximum Gasteiger partial charge on any atom is 0.132 e. The van der Waals surface area contributed by atoms with Crippen LogP contribution in [0.4, 0.5) is 0 Å². The van der Waals surface area contributed by atoms with Gasteiger partial charge in [0.15, 0.2) is 0 Å². The molecule has 0 N–H and O–H groups in total. The average molecular weight is 241 g/mol. The molecule has 0 unspecified atom stereocenters. The summed E-state index contributed by atoms with van der Waals surface area (Å²) >= 11 is 0. The van der Waals surface area contributed by atoms with E-state index < -0.39 is 0 Å². The van der Waals surface area contributed by atoms with Gasteiger partial charge in [-0.3, -0.25) is 4.79 Å². The van der Waals surface area contributed by atoms with Gasteiger partial charge in [0.1, 0.15) is 10.8 Å². The van der Waals surface area contributed by atoms with Gasteiger partial charge in [0.2, 0.25) is 0 Å². The Hall–Kier alpha value is -0.480. The normalized spacial score (nSPS) is 10.2. The lowest BCUT2D eigenvalue weighted by atomic mass is 10.2. The van der Waals surface area contributed by atoms with Crippen LogP contribution in [0.5, 0.6) is 0 Å². The second-order valence-electron chi connectivity index (χ2n) is 3.07. The van der Waals surface area contributed by atoms with Gasteiger partial charge in [0, 0.05) is 24.8 Å². The number of carbonyl (C=O) groups excluding carboxylic acids is 1. The standard InChI is InChI=1S/C11H15NOS2/c1-2-10(13)6-5-9-14-15-11-7-3-4-8-12-11/h3-4,7-8H,2,5-6,9H2,1H3. The smallest absolute Gasteiger partial charge is 0.132 e. The highest BCUT2D eigenvalue weighted by molar-refractivity contribution is 8.76. The van der Waals surface area contributed by atoms with Crippen molar-refractivity contribution < 1.29 is 4.79 Å². The van der Waals surface area contributed by atoms with E-state index in [1.165, 1.54) is 0 Å². The third kappa shape index (κ3) is 5.85. The van der Waals surface area contributed by atoms with E-state index in [2.05, 4.69) is 4.98 Å². The minimum Gasteiger partial charge on any atom is -0.300 e. The molecule has 82 valence electrons. The van der Waals surface area contributed by atoms with Crippen LogP contribution in [-0.2, 0) is 4.79 Å². The van der Waals surface area contributed by atoms with Crippen molar-refractivity contribution in [2.75, 3.05) is 5.75 Å². The van der Waals surface area contributed by atoms with Gasteiger partial charge in [-0.25, -0.2) is 4.98 Å². The summed E-state index contributed by atoms with van der Waals surface area (Å²) in [6, 6.07) is 5.89. The molecule has 0 atom stereocenters. The topological polar surface area (TPSA) is 30.0 Å². The monoisotopic (exact) mass is 241 g/mol. The van der Waals surface area contributed by atoms with Gasteiger partial charge < -0.3 is 0 Å². The summed E-state index contributed by atoms with van der Waals surface area (Å²) in [5.74, 6) is 1.37. The van der Waals surface area contributed by atoms with E-state index in [-0.39, 0.29) is 0 Å². The van der Waals surface area contributed by atoms with Crippen LogP contribution in [0, 0.1) is 0 Å². The molecule has 0 aliphatic heterocycles. The number of rotatable bonds is 7. The van der Waals surface area contributed by atoms with E-state index in [1.807, 2.05) is 25.1 Å². The Kier molecular flexibility index (Phi) is 6.52. The van der Waals surface area contributed by atoms with Crippen LogP contribution < -0.4 is 0 Å². The van der Waals surface area contributed by atoms with Crippen molar-refractivity contribution in [3.8, 4) is 0 Å². The number of pyridine rings is 1. The van der Waals surface area contributed by atoms with Gasteiger partial charge in [-0.2, -0.15) is 0 Å². The molecule has 0 fully saturated rings. The second kappa shape index (κ2) is 7.77. The SMILES string of the molecule is CCC(=O)CCCSSc1ccccn1. The molecule has 15 heavy (non-hydrogen) atoms. The molecule has 1 heterocycles. The highest BCUT2D eigenvalue weighted by atomic mass is 33.1. The van der Waals surface area contributed by atoms with Gasteiger partial charge in [0.05, 0.1) is 0 Å². The molecule has 0 saturated heterocycles. The van der Waals surface area contributed by atoms with Gasteiger partial charge >= 0.3 is 0 Å². The van der Waals surface area contributed by atoms with Crippen molar-refractivity contribution in [2.45, 2.75) is 31.2 Å². The Morgan fingerprint density at radius 1 is 1.47 bits per heavy atom. The van der Waals surface area contributed by atoms with Gasteiger partial charge in [0.25, 0.3) is 0 Å². The van der Waals surface area contributed by atoms with E-state index in [9.17, 15) is 4.79 Å². The van der Waals surface area contributed by atoms with Crippen molar-refractivity contribution in [2.24, 2.45) is 0 Å². The van der Waals surface area contributed by atoms with Crippen LogP contribution in [0.25, 0.3) is 0 Å². The van der Waals surface area contributed by atoms with E-state index in [0.717, 1.165) is 17.2 Å². The fourth-order valence-corrected chi connectivity index (χ4v) is 2.97. The van der Waals surface area contributed by atoms with Crippen LogP contribution in [0.1, 0.15) is 26.2 Å². The number of Topliss-reactive ketones (excluding diaryl/α,β-unsaturated/α-hetero) is 1. The van der Waals surface area contributed by atoms with Crippen LogP contribution in [0.3, 0.4) is 0 Å². The van der Waals surface area contributed by atoms with E-state index >= 15 is 0 Å². The quantitative estimate of drug-likeness (QED) is 0.539. The molecule has 0 saturated carbocycles. The van der Waals surface area contributed by atoms with Crippen molar-refractivity contribution in [3.05, 3.63) is 24.4 Å². The minimum absolute atomic E-state index is 0.360. The zero-order valence-corrected chi connectivity index (χ0v) is 10.4. The third-order valence-corrected chi connectivity index (χ3v) is 4.21. The first kappa shape index (κ1) is 12.6. The summed E-state index contributed by atoms with van der Waals surface area (Å²) in [5.41, 5.74) is 0. The predicted octanol–water partition coefficient (Wildman–Crippen LogP) is 3.58. The number of hydrogen-bond donors (Lipinski definition) is 0. The number of hydrogen-bond acceptors (Lipinski definition) is 4. The summed E-state index contributed by atoms with van der Waals surface area (Å²) in [6.07, 6.45) is 4.14. The number of aromatic nitrogens is 1. The zero-order valence-electron chi connectivity index (χ0n) is 8.81. The summed E-state index contributed by atoms with van der Waals surface area (Å²) in [4.78, 5) is 15.2. The molecular formula is C11H15NOS2. The van der Waals surface area contributed by atoms with Crippen molar-refractivity contribution in [3.63, 3.8) is 0 Å². The minimum atomic E-state index is 0.360. The van der Waals surface area contributed by atoms with Crippen LogP contribution >= 0.6 is 21.6 Å². The summed E-state index contributed by atoms with van der Waals surface area (Å²) in [6.45, 7) is 1.91. The molecule has 0 spiro atoms. The number of nitrogens with zero attached hydrogens (tertiary/aromatic N) is 1. The Morgan fingerprint density at radius 3 is 3.00 bits per heavy atom. The second-order valence-corrected chi connectivity index (χ2v) is 5.51. The van der Waals surface area contributed by atoms with Gasteiger partial charge in [-0.15, -0.1) is 0 Å².